The lowest BCUT2D eigenvalue weighted by Crippen LogP contribution is -2.19. The van der Waals surface area contributed by atoms with Crippen molar-refractivity contribution in [2.24, 2.45) is 5.92 Å². The van der Waals surface area contributed by atoms with Crippen LogP contribution in [-0.2, 0) is 6.54 Å². The summed E-state index contributed by atoms with van der Waals surface area (Å²) in [6.07, 6.45) is 2.69. The smallest absolute Gasteiger partial charge is 0.0366 e. The average Bonchev–Trinajstić information content (AvgIpc) is 2.83. The summed E-state index contributed by atoms with van der Waals surface area (Å²) in [5, 5.41) is 3.48. The zero-order valence-corrected chi connectivity index (χ0v) is 11.1. The van der Waals surface area contributed by atoms with Gasteiger partial charge in [0.25, 0.3) is 0 Å². The van der Waals surface area contributed by atoms with E-state index in [1.807, 2.05) is 0 Å². The van der Waals surface area contributed by atoms with Gasteiger partial charge in [0, 0.05) is 25.3 Å². The molecule has 1 aliphatic rings. The van der Waals surface area contributed by atoms with Crippen LogP contribution >= 0.6 is 0 Å². The van der Waals surface area contributed by atoms with E-state index in [2.05, 4.69) is 48.3 Å². The lowest BCUT2D eigenvalue weighted by atomic mass is 10.2. The Hall–Kier alpha value is -1.02. The summed E-state index contributed by atoms with van der Waals surface area (Å²) in [5.41, 5.74) is 2.77. The molecule has 1 heterocycles. The summed E-state index contributed by atoms with van der Waals surface area (Å²) in [6, 6.07) is 9.03. The lowest BCUT2D eigenvalue weighted by Gasteiger charge is -2.17. The predicted molar refractivity (Wildman–Crippen MR) is 74.4 cm³/mol. The summed E-state index contributed by atoms with van der Waals surface area (Å²) >= 11 is 0. The van der Waals surface area contributed by atoms with Gasteiger partial charge in [-0.05, 0) is 43.0 Å². The quantitative estimate of drug-likeness (QED) is 0.839. The van der Waals surface area contributed by atoms with Gasteiger partial charge >= 0.3 is 0 Å². The molecule has 17 heavy (non-hydrogen) atoms. The highest BCUT2D eigenvalue weighted by Gasteiger charge is 2.11. The molecule has 0 saturated carbocycles. The fraction of sp³-hybridized carbons (Fsp3) is 0.600. The van der Waals surface area contributed by atoms with Crippen LogP contribution in [0, 0.1) is 5.92 Å². The Morgan fingerprint density at radius 3 is 2.35 bits per heavy atom. The van der Waals surface area contributed by atoms with Crippen LogP contribution in [0.2, 0.25) is 0 Å². The maximum absolute atomic E-state index is 3.48. The van der Waals surface area contributed by atoms with Gasteiger partial charge in [0.1, 0.15) is 0 Å². The van der Waals surface area contributed by atoms with Crippen LogP contribution in [0.5, 0.6) is 0 Å². The molecule has 1 N–H and O–H groups in total. The van der Waals surface area contributed by atoms with E-state index in [9.17, 15) is 0 Å². The van der Waals surface area contributed by atoms with E-state index in [-0.39, 0.29) is 0 Å². The van der Waals surface area contributed by atoms with Gasteiger partial charge in [-0.25, -0.2) is 0 Å². The zero-order valence-electron chi connectivity index (χ0n) is 11.1. The minimum atomic E-state index is 0.721. The highest BCUT2D eigenvalue weighted by Crippen LogP contribution is 2.20. The first kappa shape index (κ1) is 12.4. The Morgan fingerprint density at radius 2 is 1.76 bits per heavy atom. The Bertz CT molecular complexity index is 323. The number of nitrogens with zero attached hydrogens (tertiary/aromatic N) is 1. The Labute approximate surface area is 105 Å². The van der Waals surface area contributed by atoms with Crippen molar-refractivity contribution in [2.45, 2.75) is 33.2 Å². The van der Waals surface area contributed by atoms with Crippen LogP contribution in [-0.4, -0.2) is 19.6 Å². The van der Waals surface area contributed by atoms with Crippen LogP contribution in [0.25, 0.3) is 0 Å². The minimum Gasteiger partial charge on any atom is -0.372 e. The Kier molecular flexibility index (Phi) is 4.43. The van der Waals surface area contributed by atoms with Crippen molar-refractivity contribution in [2.75, 3.05) is 24.5 Å². The molecule has 1 aromatic carbocycles. The SMILES string of the molecule is CC(C)CNCc1ccc(N2CCCC2)cc1. The van der Waals surface area contributed by atoms with Crippen molar-refractivity contribution in [1.82, 2.24) is 5.32 Å². The second-order valence-electron chi connectivity index (χ2n) is 5.39. The Balaban J connectivity index is 1.84. The average molecular weight is 232 g/mol. The van der Waals surface area contributed by atoms with Crippen LogP contribution in [0.3, 0.4) is 0 Å². The summed E-state index contributed by atoms with van der Waals surface area (Å²) in [4.78, 5) is 2.48. The number of anilines is 1. The van der Waals surface area contributed by atoms with Gasteiger partial charge in [0.2, 0.25) is 0 Å². The van der Waals surface area contributed by atoms with Crippen molar-refractivity contribution < 1.29 is 0 Å². The summed E-state index contributed by atoms with van der Waals surface area (Å²) < 4.78 is 0. The molecule has 1 aromatic rings. The molecule has 0 radical (unpaired) electrons. The fourth-order valence-corrected chi connectivity index (χ4v) is 2.31. The third kappa shape index (κ3) is 3.74. The molecule has 2 heteroatoms. The lowest BCUT2D eigenvalue weighted by molar-refractivity contribution is 0.552. The molecule has 0 aliphatic carbocycles. The molecule has 2 nitrogen and oxygen atoms in total. The first-order valence-electron chi connectivity index (χ1n) is 6.80. The molecule has 94 valence electrons. The van der Waals surface area contributed by atoms with Crippen molar-refractivity contribution in [3.05, 3.63) is 29.8 Å². The van der Waals surface area contributed by atoms with Crippen molar-refractivity contribution in [1.29, 1.82) is 0 Å². The fourth-order valence-electron chi connectivity index (χ4n) is 2.31. The first-order valence-corrected chi connectivity index (χ1v) is 6.80. The molecular formula is C15H24N2. The summed E-state index contributed by atoms with van der Waals surface area (Å²) in [7, 11) is 0. The largest absolute Gasteiger partial charge is 0.372 e. The van der Waals surface area contributed by atoms with Crippen molar-refractivity contribution >= 4 is 5.69 Å². The number of hydrogen-bond donors (Lipinski definition) is 1. The standard InChI is InChI=1S/C15H24N2/c1-13(2)11-16-12-14-5-7-15(8-6-14)17-9-3-4-10-17/h5-8,13,16H,3-4,9-12H2,1-2H3. The first-order chi connectivity index (χ1) is 8.25. The molecule has 2 rings (SSSR count). The van der Waals surface area contributed by atoms with Crippen molar-refractivity contribution in [3.8, 4) is 0 Å². The molecule has 0 aromatic heterocycles. The molecule has 0 spiro atoms. The number of nitrogens with one attached hydrogen (secondary N) is 1. The topological polar surface area (TPSA) is 15.3 Å². The monoisotopic (exact) mass is 232 g/mol. The Morgan fingerprint density at radius 1 is 1.12 bits per heavy atom. The van der Waals surface area contributed by atoms with Gasteiger partial charge < -0.3 is 10.2 Å². The highest BCUT2D eigenvalue weighted by atomic mass is 15.1. The van der Waals surface area contributed by atoms with Gasteiger partial charge in [-0.3, -0.25) is 0 Å². The van der Waals surface area contributed by atoms with E-state index in [1.54, 1.807) is 0 Å². The van der Waals surface area contributed by atoms with Gasteiger partial charge in [0.05, 0.1) is 0 Å². The maximum atomic E-state index is 3.48. The summed E-state index contributed by atoms with van der Waals surface area (Å²) in [6.45, 7) is 9.01. The number of benzene rings is 1. The number of hydrogen-bond acceptors (Lipinski definition) is 2. The zero-order chi connectivity index (χ0) is 12.1. The van der Waals surface area contributed by atoms with Gasteiger partial charge in [-0.15, -0.1) is 0 Å². The molecule has 1 aliphatic heterocycles. The van der Waals surface area contributed by atoms with E-state index in [0.717, 1.165) is 19.0 Å². The molecular weight excluding hydrogens is 208 g/mol. The van der Waals surface area contributed by atoms with E-state index < -0.39 is 0 Å². The molecule has 0 unspecified atom stereocenters. The molecule has 1 saturated heterocycles. The van der Waals surface area contributed by atoms with Crippen LogP contribution < -0.4 is 10.2 Å². The van der Waals surface area contributed by atoms with Gasteiger partial charge in [-0.1, -0.05) is 26.0 Å². The van der Waals surface area contributed by atoms with Gasteiger partial charge in [0.15, 0.2) is 0 Å². The third-order valence-corrected chi connectivity index (χ3v) is 3.29. The molecule has 0 atom stereocenters. The van der Waals surface area contributed by atoms with Crippen molar-refractivity contribution in [3.63, 3.8) is 0 Å². The summed E-state index contributed by atoms with van der Waals surface area (Å²) in [5.74, 6) is 0.721. The predicted octanol–water partition coefficient (Wildman–Crippen LogP) is 3.03. The maximum Gasteiger partial charge on any atom is 0.0366 e. The van der Waals surface area contributed by atoms with Crippen LogP contribution in [0.1, 0.15) is 32.3 Å². The second kappa shape index (κ2) is 6.06. The van der Waals surface area contributed by atoms with E-state index in [0.29, 0.717) is 0 Å². The van der Waals surface area contributed by atoms with Crippen LogP contribution in [0.15, 0.2) is 24.3 Å². The van der Waals surface area contributed by atoms with E-state index >= 15 is 0 Å². The third-order valence-electron chi connectivity index (χ3n) is 3.29. The second-order valence-corrected chi connectivity index (χ2v) is 5.39. The molecule has 0 bridgehead atoms. The van der Waals surface area contributed by atoms with E-state index in [4.69, 9.17) is 0 Å². The van der Waals surface area contributed by atoms with Crippen LogP contribution in [0.4, 0.5) is 5.69 Å². The minimum absolute atomic E-state index is 0.721. The molecule has 0 amide bonds. The normalized spacial score (nSPS) is 15.8. The highest BCUT2D eigenvalue weighted by molar-refractivity contribution is 5.48. The molecule has 1 fully saturated rings. The number of rotatable bonds is 5. The van der Waals surface area contributed by atoms with E-state index in [1.165, 1.54) is 37.2 Å². The van der Waals surface area contributed by atoms with Gasteiger partial charge in [-0.2, -0.15) is 0 Å².